The minimum absolute atomic E-state index is 0.270. The first-order chi connectivity index (χ1) is 6.24. The molecule has 2 rings (SSSR count). The zero-order valence-corrected chi connectivity index (χ0v) is 8.14. The topological polar surface area (TPSA) is 47.9 Å². The van der Waals surface area contributed by atoms with Crippen molar-refractivity contribution in [2.75, 3.05) is 6.54 Å². The van der Waals surface area contributed by atoms with E-state index >= 15 is 0 Å². The molecule has 2 atom stereocenters. The average molecular weight is 179 g/mol. The largest absolute Gasteiger partial charge is 0.311 e. The van der Waals surface area contributed by atoms with Gasteiger partial charge in [-0.2, -0.15) is 5.26 Å². The van der Waals surface area contributed by atoms with Crippen LogP contribution in [0, 0.1) is 11.3 Å². The SMILES string of the molecule is CC1CCC(C#N)(NC2CC2)CN1. The third-order valence-corrected chi connectivity index (χ3v) is 3.03. The second-order valence-corrected chi connectivity index (χ2v) is 4.43. The molecular weight excluding hydrogens is 162 g/mol. The van der Waals surface area contributed by atoms with Crippen molar-refractivity contribution in [3.05, 3.63) is 0 Å². The highest BCUT2D eigenvalue weighted by Gasteiger charge is 2.38. The van der Waals surface area contributed by atoms with E-state index < -0.39 is 0 Å². The van der Waals surface area contributed by atoms with Gasteiger partial charge in [-0.3, -0.25) is 5.32 Å². The highest BCUT2D eigenvalue weighted by Crippen LogP contribution is 2.26. The molecule has 0 radical (unpaired) electrons. The molecule has 2 unspecified atom stereocenters. The van der Waals surface area contributed by atoms with Gasteiger partial charge >= 0.3 is 0 Å². The number of nitrogens with zero attached hydrogens (tertiary/aromatic N) is 1. The minimum Gasteiger partial charge on any atom is -0.311 e. The molecule has 0 bridgehead atoms. The van der Waals surface area contributed by atoms with Crippen LogP contribution in [0.5, 0.6) is 0 Å². The van der Waals surface area contributed by atoms with Gasteiger partial charge in [0.15, 0.2) is 0 Å². The van der Waals surface area contributed by atoms with Crippen LogP contribution in [-0.4, -0.2) is 24.2 Å². The summed E-state index contributed by atoms with van der Waals surface area (Å²) in [5.41, 5.74) is -0.270. The molecule has 1 aliphatic carbocycles. The van der Waals surface area contributed by atoms with Gasteiger partial charge < -0.3 is 5.32 Å². The van der Waals surface area contributed by atoms with Gasteiger partial charge in [0.25, 0.3) is 0 Å². The Bertz CT molecular complexity index is 219. The van der Waals surface area contributed by atoms with Crippen LogP contribution in [0.4, 0.5) is 0 Å². The van der Waals surface area contributed by atoms with Crippen LogP contribution >= 0.6 is 0 Å². The molecule has 2 aliphatic rings. The third kappa shape index (κ3) is 2.01. The van der Waals surface area contributed by atoms with E-state index in [4.69, 9.17) is 5.26 Å². The maximum atomic E-state index is 9.15. The van der Waals surface area contributed by atoms with Gasteiger partial charge in [0.2, 0.25) is 0 Å². The van der Waals surface area contributed by atoms with Crippen LogP contribution < -0.4 is 10.6 Å². The van der Waals surface area contributed by atoms with Crippen molar-refractivity contribution in [1.82, 2.24) is 10.6 Å². The van der Waals surface area contributed by atoms with Crippen molar-refractivity contribution in [2.24, 2.45) is 0 Å². The second kappa shape index (κ2) is 3.28. The van der Waals surface area contributed by atoms with Crippen LogP contribution in [0.25, 0.3) is 0 Å². The molecule has 13 heavy (non-hydrogen) atoms. The smallest absolute Gasteiger partial charge is 0.119 e. The molecule has 0 aromatic carbocycles. The molecule has 3 nitrogen and oxygen atoms in total. The molecule has 0 spiro atoms. The summed E-state index contributed by atoms with van der Waals surface area (Å²) in [5, 5.41) is 16.0. The van der Waals surface area contributed by atoms with Crippen molar-refractivity contribution in [1.29, 1.82) is 5.26 Å². The van der Waals surface area contributed by atoms with Crippen LogP contribution in [0.1, 0.15) is 32.6 Å². The number of nitrogens with one attached hydrogen (secondary N) is 2. The molecular formula is C10H17N3. The van der Waals surface area contributed by atoms with Gasteiger partial charge in [-0.15, -0.1) is 0 Å². The van der Waals surface area contributed by atoms with Gasteiger partial charge in [0.1, 0.15) is 5.54 Å². The molecule has 1 saturated heterocycles. The van der Waals surface area contributed by atoms with Crippen LogP contribution in [0.3, 0.4) is 0 Å². The summed E-state index contributed by atoms with van der Waals surface area (Å²) in [7, 11) is 0. The van der Waals surface area contributed by atoms with Gasteiger partial charge in [-0.25, -0.2) is 0 Å². The quantitative estimate of drug-likeness (QED) is 0.658. The van der Waals surface area contributed by atoms with E-state index in [0.29, 0.717) is 12.1 Å². The Hall–Kier alpha value is -0.590. The Morgan fingerprint density at radius 1 is 1.46 bits per heavy atom. The van der Waals surface area contributed by atoms with Gasteiger partial charge in [0.05, 0.1) is 6.07 Å². The van der Waals surface area contributed by atoms with Crippen molar-refractivity contribution in [3.8, 4) is 6.07 Å². The summed E-state index contributed by atoms with van der Waals surface area (Å²) in [6.07, 6.45) is 4.60. The summed E-state index contributed by atoms with van der Waals surface area (Å²) in [4.78, 5) is 0. The zero-order valence-electron chi connectivity index (χ0n) is 8.14. The molecule has 1 aliphatic heterocycles. The fourth-order valence-corrected chi connectivity index (χ4v) is 1.87. The van der Waals surface area contributed by atoms with E-state index in [1.54, 1.807) is 0 Å². The predicted molar refractivity (Wildman–Crippen MR) is 51.2 cm³/mol. The van der Waals surface area contributed by atoms with Crippen molar-refractivity contribution >= 4 is 0 Å². The molecule has 2 fully saturated rings. The summed E-state index contributed by atoms with van der Waals surface area (Å²) in [6.45, 7) is 2.99. The molecule has 72 valence electrons. The lowest BCUT2D eigenvalue weighted by Crippen LogP contribution is -2.57. The lowest BCUT2D eigenvalue weighted by Gasteiger charge is -2.35. The fourth-order valence-electron chi connectivity index (χ4n) is 1.87. The van der Waals surface area contributed by atoms with E-state index in [-0.39, 0.29) is 5.54 Å². The Balaban J connectivity index is 1.94. The van der Waals surface area contributed by atoms with Gasteiger partial charge in [-0.05, 0) is 32.6 Å². The summed E-state index contributed by atoms with van der Waals surface area (Å²) in [5.74, 6) is 0. The number of nitriles is 1. The van der Waals surface area contributed by atoms with E-state index in [0.717, 1.165) is 19.4 Å². The molecule has 2 N–H and O–H groups in total. The first-order valence-corrected chi connectivity index (χ1v) is 5.16. The maximum Gasteiger partial charge on any atom is 0.119 e. The Morgan fingerprint density at radius 2 is 2.23 bits per heavy atom. The third-order valence-electron chi connectivity index (χ3n) is 3.03. The Labute approximate surface area is 79.5 Å². The lowest BCUT2D eigenvalue weighted by molar-refractivity contribution is 0.275. The van der Waals surface area contributed by atoms with E-state index in [1.807, 2.05) is 0 Å². The van der Waals surface area contributed by atoms with Crippen LogP contribution in [0.2, 0.25) is 0 Å². The summed E-state index contributed by atoms with van der Waals surface area (Å²) >= 11 is 0. The molecule has 0 amide bonds. The molecule has 3 heteroatoms. The monoisotopic (exact) mass is 179 g/mol. The van der Waals surface area contributed by atoms with Gasteiger partial charge in [-0.1, -0.05) is 0 Å². The summed E-state index contributed by atoms with van der Waals surface area (Å²) in [6, 6.07) is 3.63. The van der Waals surface area contributed by atoms with E-state index in [9.17, 15) is 0 Å². The lowest BCUT2D eigenvalue weighted by atomic mass is 9.88. The van der Waals surface area contributed by atoms with Crippen molar-refractivity contribution < 1.29 is 0 Å². The zero-order chi connectivity index (χ0) is 9.31. The van der Waals surface area contributed by atoms with Crippen LogP contribution in [-0.2, 0) is 0 Å². The first-order valence-electron chi connectivity index (χ1n) is 5.16. The summed E-state index contributed by atoms with van der Waals surface area (Å²) < 4.78 is 0. The standard InChI is InChI=1S/C10H17N3/c1-8-4-5-10(6-11,7-12-8)13-9-2-3-9/h8-9,12-13H,2-5,7H2,1H3. The minimum atomic E-state index is -0.270. The van der Waals surface area contributed by atoms with Gasteiger partial charge in [0, 0.05) is 18.6 Å². The average Bonchev–Trinajstić information content (AvgIpc) is 2.94. The second-order valence-electron chi connectivity index (χ2n) is 4.43. The maximum absolute atomic E-state index is 9.15. The Kier molecular flexibility index (Phi) is 2.27. The normalized spacial score (nSPS) is 39.8. The highest BCUT2D eigenvalue weighted by molar-refractivity contribution is 5.13. The first kappa shape index (κ1) is 8.98. The van der Waals surface area contributed by atoms with Crippen molar-refractivity contribution in [2.45, 2.75) is 50.2 Å². The number of rotatable bonds is 2. The number of hydrogen-bond donors (Lipinski definition) is 2. The molecule has 0 aromatic rings. The number of piperidine rings is 1. The fraction of sp³-hybridized carbons (Fsp3) is 0.900. The molecule has 1 heterocycles. The highest BCUT2D eigenvalue weighted by atomic mass is 15.1. The Morgan fingerprint density at radius 3 is 2.69 bits per heavy atom. The van der Waals surface area contributed by atoms with E-state index in [2.05, 4.69) is 23.6 Å². The number of hydrogen-bond acceptors (Lipinski definition) is 3. The van der Waals surface area contributed by atoms with E-state index in [1.165, 1.54) is 12.8 Å². The predicted octanol–water partition coefficient (Wildman–Crippen LogP) is 0.773. The van der Waals surface area contributed by atoms with Crippen molar-refractivity contribution in [3.63, 3.8) is 0 Å². The molecule has 0 aromatic heterocycles. The van der Waals surface area contributed by atoms with Crippen LogP contribution in [0.15, 0.2) is 0 Å². The molecule has 1 saturated carbocycles.